The minimum atomic E-state index is 0.0511. The van der Waals surface area contributed by atoms with Gasteiger partial charge in [0.15, 0.2) is 0 Å². The zero-order valence-corrected chi connectivity index (χ0v) is 38.2. The maximum atomic E-state index is 2.44. The molecule has 70 heavy (non-hydrogen) atoms. The molecule has 0 nitrogen and oxygen atoms in total. The quantitative estimate of drug-likeness (QED) is 0.154. The average Bonchev–Trinajstić information content (AvgIpc) is 3.96. The third-order valence-corrected chi connectivity index (χ3v) is 16.4. The van der Waals surface area contributed by atoms with E-state index in [2.05, 4.69) is 243 Å². The van der Waals surface area contributed by atoms with Gasteiger partial charge >= 0.3 is 0 Å². The standard InChI is InChI=1S/C70H42/c1-5-21-45-41(17-1)33-37-57-61(45)62-46-22-6-2-18-42(46)34-38-58(62)69(57)67-53-29-13-9-25-49(53)65(50-26-10-14-30-54(50)67)66-51-27-11-15-31-55(51)68(56-32-16-12-28-52(56)66)70-59-39-35-43-19-3-7-23-47(43)63(59)64-48-24-8-4-20-44(48)36-40-60(64)70/h1-40,65-66H. The molecule has 12 aromatic rings. The van der Waals surface area contributed by atoms with Crippen molar-refractivity contribution in [3.05, 3.63) is 309 Å². The van der Waals surface area contributed by atoms with Gasteiger partial charge in [-0.3, -0.25) is 0 Å². The Morgan fingerprint density at radius 2 is 0.386 bits per heavy atom. The maximum absolute atomic E-state index is 2.44. The molecule has 16 rings (SSSR count). The second kappa shape index (κ2) is 14.3. The van der Waals surface area contributed by atoms with E-state index in [-0.39, 0.29) is 11.8 Å². The van der Waals surface area contributed by atoms with Crippen LogP contribution in [0, 0.1) is 0 Å². The van der Waals surface area contributed by atoms with Crippen LogP contribution in [0.2, 0.25) is 0 Å². The molecule has 0 atom stereocenters. The van der Waals surface area contributed by atoms with E-state index in [0.717, 1.165) is 0 Å². The predicted octanol–water partition coefficient (Wildman–Crippen LogP) is 17.9. The van der Waals surface area contributed by atoms with Crippen LogP contribution in [-0.4, -0.2) is 0 Å². The summed E-state index contributed by atoms with van der Waals surface area (Å²) in [6, 6.07) is 92.2. The van der Waals surface area contributed by atoms with Gasteiger partial charge in [-0.05, 0) is 154 Å². The van der Waals surface area contributed by atoms with Gasteiger partial charge in [-0.25, -0.2) is 0 Å². The Balaban J connectivity index is 0.976. The molecule has 0 fully saturated rings. The lowest BCUT2D eigenvalue weighted by Gasteiger charge is -2.41. The number of benzene rings is 12. The molecular formula is C70H42. The Bertz CT molecular complexity index is 3810. The smallest absolute Gasteiger partial charge is 0.0211 e. The molecule has 0 heterocycles. The SMILES string of the molecule is c1ccc2c(c1)C(=C1c3ccc4ccccc4c3-c3c1ccc1ccccc31)c1ccccc1C2C1c2ccccc2C(=C2c3ccc4ccccc4c3-c3c2ccc2ccccc32)c2ccccc21. The number of fused-ring (bicyclic) bond motifs is 18. The normalized spacial score (nSPS) is 15.9. The molecule has 0 aromatic heterocycles. The second-order valence-electron chi connectivity index (χ2n) is 19.6. The van der Waals surface area contributed by atoms with Crippen LogP contribution in [0.3, 0.4) is 0 Å². The summed E-state index contributed by atoms with van der Waals surface area (Å²) in [6.07, 6.45) is 0. The monoisotopic (exact) mass is 882 g/mol. The third-order valence-electron chi connectivity index (χ3n) is 16.4. The molecule has 4 aliphatic rings. The molecule has 0 aliphatic heterocycles. The molecule has 0 unspecified atom stereocenters. The Morgan fingerprint density at radius 1 is 0.171 bits per heavy atom. The molecule has 322 valence electrons. The van der Waals surface area contributed by atoms with E-state index in [4.69, 9.17) is 0 Å². The van der Waals surface area contributed by atoms with Gasteiger partial charge in [0.2, 0.25) is 0 Å². The van der Waals surface area contributed by atoms with Crippen LogP contribution in [0.5, 0.6) is 0 Å². The highest BCUT2D eigenvalue weighted by Gasteiger charge is 2.43. The molecule has 4 aliphatic carbocycles. The van der Waals surface area contributed by atoms with Crippen molar-refractivity contribution in [2.45, 2.75) is 11.8 Å². The zero-order chi connectivity index (χ0) is 45.6. The minimum Gasteiger partial charge on any atom is -0.0619 e. The zero-order valence-electron chi connectivity index (χ0n) is 38.2. The molecule has 0 radical (unpaired) electrons. The summed E-state index contributed by atoms with van der Waals surface area (Å²) in [4.78, 5) is 0. The van der Waals surface area contributed by atoms with Crippen LogP contribution in [0.1, 0.15) is 78.6 Å². The lowest BCUT2D eigenvalue weighted by Crippen LogP contribution is -2.25. The number of hydrogen-bond acceptors (Lipinski definition) is 0. The molecule has 0 heteroatoms. The van der Waals surface area contributed by atoms with Crippen LogP contribution in [-0.2, 0) is 0 Å². The van der Waals surface area contributed by atoms with Crippen LogP contribution in [0.4, 0.5) is 0 Å². The first kappa shape index (κ1) is 38.2. The Morgan fingerprint density at radius 3 is 0.657 bits per heavy atom. The van der Waals surface area contributed by atoms with E-state index in [0.29, 0.717) is 0 Å². The fourth-order valence-electron chi connectivity index (χ4n) is 13.7. The summed E-state index contributed by atoms with van der Waals surface area (Å²) in [5.41, 5.74) is 26.7. The van der Waals surface area contributed by atoms with Gasteiger partial charge in [0.05, 0.1) is 0 Å². The molecule has 0 spiro atoms. The van der Waals surface area contributed by atoms with E-state index in [1.165, 1.54) is 154 Å². The molecule has 0 amide bonds. The average molecular weight is 883 g/mol. The minimum absolute atomic E-state index is 0.0511. The Hall–Kier alpha value is -8.84. The summed E-state index contributed by atoms with van der Waals surface area (Å²) in [7, 11) is 0. The Labute approximate surface area is 406 Å². The van der Waals surface area contributed by atoms with Crippen molar-refractivity contribution in [3.8, 4) is 22.3 Å². The van der Waals surface area contributed by atoms with Crippen LogP contribution in [0.25, 0.3) is 87.6 Å². The molecule has 12 aromatic carbocycles. The van der Waals surface area contributed by atoms with Gasteiger partial charge in [-0.2, -0.15) is 0 Å². The molecule has 0 saturated heterocycles. The first-order chi connectivity index (χ1) is 34.8. The highest BCUT2D eigenvalue weighted by Crippen LogP contribution is 2.62. The predicted molar refractivity (Wildman–Crippen MR) is 293 cm³/mol. The van der Waals surface area contributed by atoms with Crippen molar-refractivity contribution < 1.29 is 0 Å². The van der Waals surface area contributed by atoms with Crippen molar-refractivity contribution in [1.82, 2.24) is 0 Å². The lowest BCUT2D eigenvalue weighted by molar-refractivity contribution is 0.678. The van der Waals surface area contributed by atoms with Crippen LogP contribution in [0.15, 0.2) is 243 Å². The second-order valence-corrected chi connectivity index (χ2v) is 19.6. The van der Waals surface area contributed by atoms with Crippen LogP contribution >= 0.6 is 0 Å². The van der Waals surface area contributed by atoms with Gasteiger partial charge in [-0.1, -0.05) is 243 Å². The maximum Gasteiger partial charge on any atom is 0.0211 e. The topological polar surface area (TPSA) is 0 Å². The number of hydrogen-bond donors (Lipinski definition) is 0. The first-order valence-electron chi connectivity index (χ1n) is 24.7. The highest BCUT2D eigenvalue weighted by molar-refractivity contribution is 6.25. The van der Waals surface area contributed by atoms with E-state index in [1.807, 2.05) is 0 Å². The third kappa shape index (κ3) is 5.05. The Kier molecular flexibility index (Phi) is 7.82. The molecule has 0 saturated carbocycles. The van der Waals surface area contributed by atoms with Crippen molar-refractivity contribution in [3.63, 3.8) is 0 Å². The van der Waals surface area contributed by atoms with E-state index < -0.39 is 0 Å². The summed E-state index contributed by atoms with van der Waals surface area (Å²) < 4.78 is 0. The largest absolute Gasteiger partial charge is 0.0619 e. The summed E-state index contributed by atoms with van der Waals surface area (Å²) in [5, 5.41) is 10.3. The van der Waals surface area contributed by atoms with Crippen molar-refractivity contribution in [1.29, 1.82) is 0 Å². The lowest BCUT2D eigenvalue weighted by atomic mass is 9.62. The fraction of sp³-hybridized carbons (Fsp3) is 0.0286. The van der Waals surface area contributed by atoms with Gasteiger partial charge in [-0.15, -0.1) is 0 Å². The highest BCUT2D eigenvalue weighted by atomic mass is 14.5. The van der Waals surface area contributed by atoms with Crippen molar-refractivity contribution in [2.24, 2.45) is 0 Å². The summed E-state index contributed by atoms with van der Waals surface area (Å²) in [6.45, 7) is 0. The van der Waals surface area contributed by atoms with Crippen molar-refractivity contribution >= 4 is 65.4 Å². The molecular weight excluding hydrogens is 841 g/mol. The fourth-order valence-corrected chi connectivity index (χ4v) is 13.7. The van der Waals surface area contributed by atoms with Crippen molar-refractivity contribution in [2.75, 3.05) is 0 Å². The molecule has 0 bridgehead atoms. The van der Waals surface area contributed by atoms with E-state index in [1.54, 1.807) is 0 Å². The summed E-state index contributed by atoms with van der Waals surface area (Å²) >= 11 is 0. The van der Waals surface area contributed by atoms with E-state index >= 15 is 0 Å². The molecule has 0 N–H and O–H groups in total. The summed E-state index contributed by atoms with van der Waals surface area (Å²) in [5.74, 6) is 0.102. The first-order valence-corrected chi connectivity index (χ1v) is 24.7. The van der Waals surface area contributed by atoms with Gasteiger partial charge in [0.25, 0.3) is 0 Å². The van der Waals surface area contributed by atoms with Gasteiger partial charge < -0.3 is 0 Å². The van der Waals surface area contributed by atoms with Gasteiger partial charge in [0, 0.05) is 11.8 Å². The number of rotatable bonds is 1. The van der Waals surface area contributed by atoms with Gasteiger partial charge in [0.1, 0.15) is 0 Å². The van der Waals surface area contributed by atoms with E-state index in [9.17, 15) is 0 Å². The van der Waals surface area contributed by atoms with Crippen LogP contribution < -0.4 is 0 Å².